The van der Waals surface area contributed by atoms with E-state index in [9.17, 15) is 13.2 Å². The molecule has 1 heterocycles. The maximum Gasteiger partial charge on any atom is 0.255 e. The first-order valence-electron chi connectivity index (χ1n) is 7.20. The smallest absolute Gasteiger partial charge is 0.255 e. The average molecular weight is 365 g/mol. The molecule has 2 rings (SSSR count). The van der Waals surface area contributed by atoms with Gasteiger partial charge in [0.2, 0.25) is 10.0 Å². The third kappa shape index (κ3) is 4.50. The van der Waals surface area contributed by atoms with Crippen LogP contribution in [0.3, 0.4) is 0 Å². The van der Waals surface area contributed by atoms with Gasteiger partial charge in [-0.1, -0.05) is 23.8 Å². The first kappa shape index (κ1) is 18.3. The zero-order valence-electron chi connectivity index (χ0n) is 13.7. The number of nitrogens with zero attached hydrogens (tertiary/aromatic N) is 2. The van der Waals surface area contributed by atoms with Gasteiger partial charge in [-0.25, -0.2) is 13.8 Å². The zero-order chi connectivity index (χ0) is 17.7. The molecule has 0 bridgehead atoms. The molecule has 0 fully saturated rings. The van der Waals surface area contributed by atoms with E-state index in [1.807, 2.05) is 24.4 Å². The number of nitrogens with one attached hydrogen (secondary N) is 1. The lowest BCUT2D eigenvalue weighted by Gasteiger charge is -2.16. The van der Waals surface area contributed by atoms with Crippen LogP contribution in [-0.4, -0.2) is 37.9 Å². The van der Waals surface area contributed by atoms with Gasteiger partial charge in [-0.3, -0.25) is 4.79 Å². The maximum absolute atomic E-state index is 12.4. The Kier molecular flexibility index (Phi) is 5.87. The molecule has 0 aliphatic rings. The van der Waals surface area contributed by atoms with E-state index in [4.69, 9.17) is 0 Å². The molecular formula is C16H19N3O3S2. The predicted molar refractivity (Wildman–Crippen MR) is 95.7 cm³/mol. The van der Waals surface area contributed by atoms with E-state index in [2.05, 4.69) is 10.5 Å². The lowest BCUT2D eigenvalue weighted by Crippen LogP contribution is -2.36. The molecule has 1 amide bonds. The summed E-state index contributed by atoms with van der Waals surface area (Å²) in [5.41, 5.74) is 4.02. The topological polar surface area (TPSA) is 78.8 Å². The fourth-order valence-corrected chi connectivity index (χ4v) is 3.70. The van der Waals surface area contributed by atoms with Gasteiger partial charge >= 0.3 is 0 Å². The van der Waals surface area contributed by atoms with Gasteiger partial charge in [-0.15, -0.1) is 11.3 Å². The van der Waals surface area contributed by atoms with Crippen LogP contribution < -0.4 is 5.43 Å². The summed E-state index contributed by atoms with van der Waals surface area (Å²) in [6.45, 7) is 3.35. The minimum absolute atomic E-state index is 0.154. The minimum Gasteiger partial charge on any atom is -0.272 e. The number of sulfonamides is 1. The molecule has 6 nitrogen and oxygen atoms in total. The number of carbonyl (C=O) groups excluding carboxylic acids is 1. The number of hydrazone groups is 1. The van der Waals surface area contributed by atoms with Crippen LogP contribution in [0.25, 0.3) is 0 Å². The van der Waals surface area contributed by atoms with Gasteiger partial charge in [0.05, 0.1) is 17.2 Å². The summed E-state index contributed by atoms with van der Waals surface area (Å²) >= 11 is 1.51. The normalized spacial score (nSPS) is 12.4. The van der Waals surface area contributed by atoms with Crippen LogP contribution in [0.5, 0.6) is 0 Å². The Morgan fingerprint density at radius 2 is 1.92 bits per heavy atom. The molecule has 0 aliphatic heterocycles. The van der Waals surface area contributed by atoms with Gasteiger partial charge in [-0.05, 0) is 37.4 Å². The van der Waals surface area contributed by atoms with Crippen LogP contribution in [0.4, 0.5) is 0 Å². The van der Waals surface area contributed by atoms with Crippen LogP contribution in [-0.2, 0) is 14.8 Å². The van der Waals surface area contributed by atoms with Crippen molar-refractivity contribution in [3.63, 3.8) is 0 Å². The monoisotopic (exact) mass is 365 g/mol. The Hall–Kier alpha value is -2.03. The molecule has 0 spiro atoms. The number of rotatable bonds is 6. The minimum atomic E-state index is -3.71. The van der Waals surface area contributed by atoms with E-state index in [1.165, 1.54) is 30.5 Å². The highest BCUT2D eigenvalue weighted by atomic mass is 32.2. The largest absolute Gasteiger partial charge is 0.272 e. The molecule has 0 saturated heterocycles. The number of hydrogen-bond donors (Lipinski definition) is 1. The number of carbonyl (C=O) groups is 1. The van der Waals surface area contributed by atoms with Crippen molar-refractivity contribution >= 4 is 33.0 Å². The Labute approximate surface area is 145 Å². The molecule has 8 heteroatoms. The van der Waals surface area contributed by atoms with Crippen LogP contribution in [0, 0.1) is 6.92 Å². The molecular weight excluding hydrogens is 346 g/mol. The van der Waals surface area contributed by atoms with Crippen molar-refractivity contribution in [2.45, 2.75) is 18.7 Å². The standard InChI is InChI=1S/C16H19N3O3S2/c1-12-6-8-14(9-7-12)24(21,22)19(3)11-16(20)18-17-13(2)15-5-4-10-23-15/h4-10H,11H2,1-3H3,(H,18,20)/b17-13-. The number of likely N-dealkylation sites (N-methyl/N-ethyl adjacent to an activating group) is 1. The molecule has 1 aromatic heterocycles. The van der Waals surface area contributed by atoms with Crippen molar-refractivity contribution in [2.75, 3.05) is 13.6 Å². The van der Waals surface area contributed by atoms with Crippen LogP contribution in [0.2, 0.25) is 0 Å². The second-order valence-corrected chi connectivity index (χ2v) is 8.28. The molecule has 0 atom stereocenters. The summed E-state index contributed by atoms with van der Waals surface area (Å²) in [5.74, 6) is -0.496. The lowest BCUT2D eigenvalue weighted by atomic mass is 10.2. The SMILES string of the molecule is C/C(=N/NC(=O)CN(C)S(=O)(=O)c1ccc(C)cc1)c1cccs1. The van der Waals surface area contributed by atoms with E-state index < -0.39 is 15.9 Å². The number of amides is 1. The summed E-state index contributed by atoms with van der Waals surface area (Å²) in [5, 5.41) is 5.91. The molecule has 0 saturated carbocycles. The molecule has 128 valence electrons. The van der Waals surface area contributed by atoms with E-state index >= 15 is 0 Å². The maximum atomic E-state index is 12.4. The predicted octanol–water partition coefficient (Wildman–Crippen LogP) is 2.22. The van der Waals surface area contributed by atoms with Gasteiger partial charge in [0.25, 0.3) is 5.91 Å². The highest BCUT2D eigenvalue weighted by Gasteiger charge is 2.22. The Balaban J connectivity index is 2.00. The highest BCUT2D eigenvalue weighted by Crippen LogP contribution is 2.14. The van der Waals surface area contributed by atoms with E-state index in [1.54, 1.807) is 19.1 Å². The summed E-state index contributed by atoms with van der Waals surface area (Å²) in [6, 6.07) is 10.3. The van der Waals surface area contributed by atoms with Gasteiger partial charge in [0, 0.05) is 11.9 Å². The number of benzene rings is 1. The number of aryl methyl sites for hydroxylation is 1. The van der Waals surface area contributed by atoms with E-state index in [-0.39, 0.29) is 11.4 Å². The third-order valence-electron chi connectivity index (χ3n) is 3.32. The van der Waals surface area contributed by atoms with Crippen molar-refractivity contribution in [3.05, 3.63) is 52.2 Å². The Morgan fingerprint density at radius 3 is 2.50 bits per heavy atom. The fraction of sp³-hybridized carbons (Fsp3) is 0.250. The second kappa shape index (κ2) is 7.69. The van der Waals surface area contributed by atoms with Gasteiger partial charge < -0.3 is 0 Å². The highest BCUT2D eigenvalue weighted by molar-refractivity contribution is 7.89. The van der Waals surface area contributed by atoms with Gasteiger partial charge in [0.15, 0.2) is 0 Å². The molecule has 2 aromatic rings. The molecule has 0 radical (unpaired) electrons. The fourth-order valence-electron chi connectivity index (χ4n) is 1.90. The van der Waals surface area contributed by atoms with Crippen molar-refractivity contribution in [1.82, 2.24) is 9.73 Å². The van der Waals surface area contributed by atoms with Crippen LogP contribution in [0.1, 0.15) is 17.4 Å². The first-order valence-corrected chi connectivity index (χ1v) is 9.52. The summed E-state index contributed by atoms with van der Waals surface area (Å²) in [7, 11) is -2.34. The quantitative estimate of drug-likeness (QED) is 0.630. The summed E-state index contributed by atoms with van der Waals surface area (Å²) in [6.07, 6.45) is 0. The zero-order valence-corrected chi connectivity index (χ0v) is 15.3. The van der Waals surface area contributed by atoms with Gasteiger partial charge in [0.1, 0.15) is 0 Å². The average Bonchev–Trinajstić information content (AvgIpc) is 3.07. The molecule has 24 heavy (non-hydrogen) atoms. The van der Waals surface area contributed by atoms with Crippen LogP contribution in [0.15, 0.2) is 51.8 Å². The lowest BCUT2D eigenvalue weighted by molar-refractivity contribution is -0.121. The number of hydrogen-bond acceptors (Lipinski definition) is 5. The molecule has 0 aliphatic carbocycles. The van der Waals surface area contributed by atoms with Crippen molar-refractivity contribution in [3.8, 4) is 0 Å². The second-order valence-electron chi connectivity index (χ2n) is 5.28. The summed E-state index contributed by atoms with van der Waals surface area (Å²) < 4.78 is 25.8. The third-order valence-corrected chi connectivity index (χ3v) is 6.12. The molecule has 1 aromatic carbocycles. The molecule has 0 unspecified atom stereocenters. The van der Waals surface area contributed by atoms with Crippen LogP contribution >= 0.6 is 11.3 Å². The van der Waals surface area contributed by atoms with Gasteiger partial charge in [-0.2, -0.15) is 9.41 Å². The van der Waals surface area contributed by atoms with Crippen molar-refractivity contribution < 1.29 is 13.2 Å². The Bertz CT molecular complexity index is 826. The Morgan fingerprint density at radius 1 is 1.25 bits per heavy atom. The number of thiophene rings is 1. The van der Waals surface area contributed by atoms with Crippen molar-refractivity contribution in [1.29, 1.82) is 0 Å². The first-order chi connectivity index (χ1) is 11.3. The van der Waals surface area contributed by atoms with E-state index in [0.29, 0.717) is 5.71 Å². The molecule has 1 N–H and O–H groups in total. The summed E-state index contributed by atoms with van der Waals surface area (Å²) in [4.78, 5) is 13.0. The van der Waals surface area contributed by atoms with Crippen molar-refractivity contribution in [2.24, 2.45) is 5.10 Å². The van der Waals surface area contributed by atoms with E-state index in [0.717, 1.165) is 14.7 Å².